The molecular formula is C46H25N3S2. The summed E-state index contributed by atoms with van der Waals surface area (Å²) in [6.45, 7) is 0. The Morgan fingerprint density at radius 1 is 0.451 bits per heavy atom. The molecule has 0 saturated heterocycles. The van der Waals surface area contributed by atoms with E-state index in [4.69, 9.17) is 9.97 Å². The van der Waals surface area contributed by atoms with E-state index in [-0.39, 0.29) is 0 Å². The van der Waals surface area contributed by atoms with Crippen molar-refractivity contribution >= 4 is 117 Å². The SMILES string of the molecule is c1ccc2cc3c(cc2c1)sc1c3c2ccccc2c2c3ccccc3n(-c3nc4c(nc3-c3cccc5ccccc35)sc3ccccc34)c12. The van der Waals surface area contributed by atoms with E-state index < -0.39 is 0 Å². The van der Waals surface area contributed by atoms with Crippen LogP contribution < -0.4 is 0 Å². The second-order valence-corrected chi connectivity index (χ2v) is 15.4. The molecule has 236 valence electrons. The standard InChI is InChI=1S/C46H25N3S2/c1-2-14-28-25-38-35(24-27(28)13-1)40-31-18-6-5-17-30(31)39-33-19-7-9-22-36(33)49(43(39)44(40)50-38)45-41(32-21-11-15-26-12-3-4-16-29(26)32)48-46-42(47-45)34-20-8-10-23-37(34)51-46/h1-25H. The van der Waals surface area contributed by atoms with Crippen molar-refractivity contribution in [3.8, 4) is 17.1 Å². The fourth-order valence-corrected chi connectivity index (χ4v) is 10.7. The lowest BCUT2D eigenvalue weighted by Gasteiger charge is -2.15. The van der Waals surface area contributed by atoms with E-state index in [2.05, 4.69) is 156 Å². The quantitative estimate of drug-likeness (QED) is 0.182. The number of thiophene rings is 2. The smallest absolute Gasteiger partial charge is 0.165 e. The van der Waals surface area contributed by atoms with Crippen LogP contribution in [0.15, 0.2) is 152 Å². The van der Waals surface area contributed by atoms with Gasteiger partial charge in [0.05, 0.1) is 15.7 Å². The van der Waals surface area contributed by atoms with Crippen molar-refractivity contribution in [3.63, 3.8) is 0 Å². The number of para-hydroxylation sites is 1. The Kier molecular flexibility index (Phi) is 5.53. The Hall–Kier alpha value is -6.14. The molecule has 3 nitrogen and oxygen atoms in total. The molecular weight excluding hydrogens is 659 g/mol. The van der Waals surface area contributed by atoms with E-state index in [1.807, 2.05) is 11.3 Å². The minimum Gasteiger partial charge on any atom is -0.290 e. The van der Waals surface area contributed by atoms with Gasteiger partial charge in [0.15, 0.2) is 5.82 Å². The van der Waals surface area contributed by atoms with Crippen molar-refractivity contribution in [2.45, 2.75) is 0 Å². The molecule has 0 aliphatic heterocycles. The zero-order valence-electron chi connectivity index (χ0n) is 27.1. The molecule has 12 rings (SSSR count). The summed E-state index contributed by atoms with van der Waals surface area (Å²) in [5.41, 5.74) is 5.23. The highest BCUT2D eigenvalue weighted by molar-refractivity contribution is 7.27. The predicted octanol–water partition coefficient (Wildman–Crippen LogP) is 13.4. The zero-order valence-corrected chi connectivity index (χ0v) is 28.7. The van der Waals surface area contributed by atoms with E-state index in [1.54, 1.807) is 11.3 Å². The largest absolute Gasteiger partial charge is 0.290 e. The molecule has 12 aromatic rings. The van der Waals surface area contributed by atoms with Gasteiger partial charge in [-0.3, -0.25) is 4.57 Å². The molecule has 5 heteroatoms. The normalized spacial score (nSPS) is 12.3. The van der Waals surface area contributed by atoms with Crippen molar-refractivity contribution < 1.29 is 0 Å². The van der Waals surface area contributed by atoms with Gasteiger partial charge in [-0.1, -0.05) is 127 Å². The third-order valence-electron chi connectivity index (χ3n) is 10.6. The molecule has 0 radical (unpaired) electrons. The van der Waals surface area contributed by atoms with Crippen molar-refractivity contribution in [1.29, 1.82) is 0 Å². The van der Waals surface area contributed by atoms with Gasteiger partial charge in [-0.15, -0.1) is 22.7 Å². The van der Waals surface area contributed by atoms with Crippen LogP contribution in [-0.4, -0.2) is 14.5 Å². The van der Waals surface area contributed by atoms with Crippen LogP contribution in [0.4, 0.5) is 0 Å². The van der Waals surface area contributed by atoms with Crippen LogP contribution in [0.1, 0.15) is 0 Å². The van der Waals surface area contributed by atoms with Crippen LogP contribution in [0, 0.1) is 0 Å². The second-order valence-electron chi connectivity index (χ2n) is 13.3. The van der Waals surface area contributed by atoms with Gasteiger partial charge in [0.2, 0.25) is 0 Å². The van der Waals surface area contributed by atoms with Gasteiger partial charge in [0.25, 0.3) is 0 Å². The Balaban J connectivity index is 1.34. The van der Waals surface area contributed by atoms with Gasteiger partial charge in [0, 0.05) is 41.9 Å². The van der Waals surface area contributed by atoms with Gasteiger partial charge in [-0.25, -0.2) is 9.97 Å². The Labute approximate surface area is 299 Å². The summed E-state index contributed by atoms with van der Waals surface area (Å²) in [7, 11) is 0. The molecule has 4 aromatic heterocycles. The number of hydrogen-bond donors (Lipinski definition) is 0. The first kappa shape index (κ1) is 27.7. The maximum absolute atomic E-state index is 5.69. The Morgan fingerprint density at radius 3 is 1.94 bits per heavy atom. The molecule has 0 N–H and O–H groups in total. The minimum atomic E-state index is 0.854. The lowest BCUT2D eigenvalue weighted by molar-refractivity contribution is 1.09. The summed E-state index contributed by atoms with van der Waals surface area (Å²) in [4.78, 5) is 12.2. The van der Waals surface area contributed by atoms with E-state index in [0.717, 1.165) is 38.3 Å². The molecule has 4 heterocycles. The first-order valence-corrected chi connectivity index (χ1v) is 18.8. The molecule has 0 bridgehead atoms. The molecule has 0 atom stereocenters. The maximum Gasteiger partial charge on any atom is 0.165 e. The van der Waals surface area contributed by atoms with E-state index in [9.17, 15) is 0 Å². The van der Waals surface area contributed by atoms with Crippen molar-refractivity contribution in [2.75, 3.05) is 0 Å². The molecule has 0 aliphatic rings. The van der Waals surface area contributed by atoms with Gasteiger partial charge < -0.3 is 0 Å². The summed E-state index contributed by atoms with van der Waals surface area (Å²) in [6, 6.07) is 55.0. The monoisotopic (exact) mass is 683 g/mol. The third kappa shape index (κ3) is 3.77. The average molecular weight is 684 g/mol. The first-order chi connectivity index (χ1) is 25.3. The predicted molar refractivity (Wildman–Crippen MR) is 220 cm³/mol. The third-order valence-corrected chi connectivity index (χ3v) is 12.8. The van der Waals surface area contributed by atoms with Gasteiger partial charge in [-0.2, -0.15) is 0 Å². The van der Waals surface area contributed by atoms with E-state index in [1.165, 1.54) is 73.5 Å². The van der Waals surface area contributed by atoms with Crippen LogP contribution in [0.2, 0.25) is 0 Å². The summed E-state index contributed by atoms with van der Waals surface area (Å²) in [5.74, 6) is 0.854. The lowest BCUT2D eigenvalue weighted by Crippen LogP contribution is -2.03. The van der Waals surface area contributed by atoms with Crippen LogP contribution in [0.3, 0.4) is 0 Å². The highest BCUT2D eigenvalue weighted by atomic mass is 32.1. The van der Waals surface area contributed by atoms with Crippen LogP contribution >= 0.6 is 22.7 Å². The van der Waals surface area contributed by atoms with Crippen LogP contribution in [0.25, 0.3) is 112 Å². The maximum atomic E-state index is 5.69. The Bertz CT molecular complexity index is 3430. The number of hydrogen-bond acceptors (Lipinski definition) is 4. The highest BCUT2D eigenvalue weighted by Crippen LogP contribution is 2.49. The fourth-order valence-electron chi connectivity index (χ4n) is 8.37. The van der Waals surface area contributed by atoms with Gasteiger partial charge >= 0.3 is 0 Å². The number of fused-ring (bicyclic) bond motifs is 15. The summed E-state index contributed by atoms with van der Waals surface area (Å²) < 4.78 is 6.19. The number of benzene rings is 8. The summed E-state index contributed by atoms with van der Waals surface area (Å²) in [6.07, 6.45) is 0. The molecule has 0 fully saturated rings. The number of nitrogens with zero attached hydrogens (tertiary/aromatic N) is 3. The molecule has 0 spiro atoms. The number of rotatable bonds is 2. The van der Waals surface area contributed by atoms with E-state index in [0.29, 0.717) is 0 Å². The summed E-state index contributed by atoms with van der Waals surface area (Å²) >= 11 is 3.61. The molecule has 0 unspecified atom stereocenters. The molecule has 0 amide bonds. The molecule has 0 saturated carbocycles. The zero-order chi connectivity index (χ0) is 33.2. The first-order valence-electron chi connectivity index (χ1n) is 17.2. The van der Waals surface area contributed by atoms with Crippen molar-refractivity contribution in [2.24, 2.45) is 0 Å². The molecule has 0 aliphatic carbocycles. The van der Waals surface area contributed by atoms with E-state index >= 15 is 0 Å². The average Bonchev–Trinajstić information content (AvgIpc) is 3.85. The molecule has 8 aromatic carbocycles. The Morgan fingerprint density at radius 2 is 1.10 bits per heavy atom. The lowest BCUT2D eigenvalue weighted by atomic mass is 9.98. The second kappa shape index (κ2) is 10.2. The summed E-state index contributed by atoms with van der Waals surface area (Å²) in [5, 5.41) is 13.6. The van der Waals surface area contributed by atoms with Crippen molar-refractivity contribution in [3.05, 3.63) is 152 Å². The van der Waals surface area contributed by atoms with Gasteiger partial charge in [-0.05, 0) is 56.6 Å². The topological polar surface area (TPSA) is 30.7 Å². The van der Waals surface area contributed by atoms with Crippen molar-refractivity contribution in [1.82, 2.24) is 14.5 Å². The molecule has 51 heavy (non-hydrogen) atoms. The highest BCUT2D eigenvalue weighted by Gasteiger charge is 2.26. The van der Waals surface area contributed by atoms with Gasteiger partial charge in [0.1, 0.15) is 16.0 Å². The minimum absolute atomic E-state index is 0.854. The van der Waals surface area contributed by atoms with Crippen LogP contribution in [0.5, 0.6) is 0 Å². The fraction of sp³-hybridized carbons (Fsp3) is 0. The number of aromatic nitrogens is 3. The van der Waals surface area contributed by atoms with Crippen LogP contribution in [-0.2, 0) is 0 Å².